The van der Waals surface area contributed by atoms with Crippen LogP contribution in [-0.4, -0.2) is 12.1 Å². The van der Waals surface area contributed by atoms with E-state index in [4.69, 9.17) is 21.6 Å². The standard InChI is InChI=1S/C10H9ClF2N2O/c1-16-8-4-6(5-11)9(10(12)13)7(15-8)2-3-14/h4,10H,2,5H2,1H3. The summed E-state index contributed by atoms with van der Waals surface area (Å²) >= 11 is 5.58. The third-order valence-corrected chi connectivity index (χ3v) is 2.31. The molecule has 0 amide bonds. The Balaban J connectivity index is 3.36. The van der Waals surface area contributed by atoms with E-state index in [-0.39, 0.29) is 35.0 Å². The molecule has 0 radical (unpaired) electrons. The molecule has 16 heavy (non-hydrogen) atoms. The van der Waals surface area contributed by atoms with Crippen LogP contribution in [0.1, 0.15) is 23.2 Å². The van der Waals surface area contributed by atoms with Gasteiger partial charge in [-0.05, 0) is 5.56 Å². The van der Waals surface area contributed by atoms with Gasteiger partial charge in [0.2, 0.25) is 5.88 Å². The summed E-state index contributed by atoms with van der Waals surface area (Å²) in [5, 5.41) is 8.54. The number of aromatic nitrogens is 1. The van der Waals surface area contributed by atoms with E-state index >= 15 is 0 Å². The maximum atomic E-state index is 12.8. The molecule has 0 aromatic carbocycles. The van der Waals surface area contributed by atoms with Crippen molar-refractivity contribution in [3.05, 3.63) is 22.9 Å². The van der Waals surface area contributed by atoms with E-state index in [2.05, 4.69) is 4.98 Å². The van der Waals surface area contributed by atoms with Gasteiger partial charge in [0.15, 0.2) is 0 Å². The second-order valence-corrected chi connectivity index (χ2v) is 3.22. The number of methoxy groups -OCH3 is 1. The summed E-state index contributed by atoms with van der Waals surface area (Å²) in [5.74, 6) is 0.113. The molecule has 0 saturated carbocycles. The summed E-state index contributed by atoms with van der Waals surface area (Å²) in [7, 11) is 1.37. The molecule has 1 rings (SSSR count). The molecule has 6 heteroatoms. The molecule has 0 saturated heterocycles. The third kappa shape index (κ3) is 2.58. The van der Waals surface area contributed by atoms with Crippen LogP contribution in [0, 0.1) is 11.3 Å². The van der Waals surface area contributed by atoms with E-state index in [0.717, 1.165) is 0 Å². The van der Waals surface area contributed by atoms with Crippen molar-refractivity contribution in [1.29, 1.82) is 5.26 Å². The van der Waals surface area contributed by atoms with Gasteiger partial charge in [0.05, 0.1) is 25.3 Å². The fourth-order valence-electron chi connectivity index (χ4n) is 1.33. The quantitative estimate of drug-likeness (QED) is 0.768. The molecular weight excluding hydrogens is 238 g/mol. The number of hydrogen-bond donors (Lipinski definition) is 0. The number of hydrogen-bond acceptors (Lipinski definition) is 3. The first-order valence-corrected chi connectivity index (χ1v) is 4.95. The Morgan fingerprint density at radius 3 is 2.75 bits per heavy atom. The molecule has 0 unspecified atom stereocenters. The molecule has 3 nitrogen and oxygen atoms in total. The van der Waals surface area contributed by atoms with E-state index in [1.165, 1.54) is 13.2 Å². The second kappa shape index (κ2) is 5.61. The first-order valence-electron chi connectivity index (χ1n) is 4.41. The van der Waals surface area contributed by atoms with Gasteiger partial charge in [-0.2, -0.15) is 5.26 Å². The van der Waals surface area contributed by atoms with Gasteiger partial charge in [-0.3, -0.25) is 0 Å². The molecule has 0 N–H and O–H groups in total. The van der Waals surface area contributed by atoms with E-state index < -0.39 is 6.43 Å². The van der Waals surface area contributed by atoms with Crippen LogP contribution in [0.25, 0.3) is 0 Å². The minimum absolute atomic E-state index is 0.0208. The van der Waals surface area contributed by atoms with Crippen LogP contribution in [-0.2, 0) is 12.3 Å². The smallest absolute Gasteiger partial charge is 0.265 e. The first kappa shape index (κ1) is 12.7. The lowest BCUT2D eigenvalue weighted by molar-refractivity contribution is 0.148. The Hall–Kier alpha value is -1.41. The monoisotopic (exact) mass is 246 g/mol. The lowest BCUT2D eigenvalue weighted by Crippen LogP contribution is -2.04. The van der Waals surface area contributed by atoms with Gasteiger partial charge in [0.1, 0.15) is 0 Å². The number of pyridine rings is 1. The maximum Gasteiger partial charge on any atom is 0.265 e. The van der Waals surface area contributed by atoms with Crippen LogP contribution in [0.5, 0.6) is 5.88 Å². The van der Waals surface area contributed by atoms with Crippen LogP contribution in [0.4, 0.5) is 8.78 Å². The van der Waals surface area contributed by atoms with E-state index in [0.29, 0.717) is 0 Å². The molecule has 0 aliphatic heterocycles. The van der Waals surface area contributed by atoms with Gasteiger partial charge < -0.3 is 4.74 Å². The van der Waals surface area contributed by atoms with Crippen LogP contribution in [0.15, 0.2) is 6.07 Å². The Morgan fingerprint density at radius 1 is 1.62 bits per heavy atom. The fourth-order valence-corrected chi connectivity index (χ4v) is 1.55. The van der Waals surface area contributed by atoms with Crippen LogP contribution >= 0.6 is 11.6 Å². The average molecular weight is 247 g/mol. The van der Waals surface area contributed by atoms with Gasteiger partial charge in [-0.1, -0.05) is 0 Å². The number of halogens is 3. The number of ether oxygens (including phenoxy) is 1. The largest absolute Gasteiger partial charge is 0.481 e. The van der Waals surface area contributed by atoms with Crippen molar-refractivity contribution in [3.63, 3.8) is 0 Å². The highest BCUT2D eigenvalue weighted by Gasteiger charge is 2.20. The van der Waals surface area contributed by atoms with Crippen LogP contribution < -0.4 is 4.74 Å². The average Bonchev–Trinajstić information content (AvgIpc) is 2.27. The van der Waals surface area contributed by atoms with Gasteiger partial charge in [0.25, 0.3) is 6.43 Å². The molecule has 0 atom stereocenters. The lowest BCUT2D eigenvalue weighted by Gasteiger charge is -2.12. The predicted octanol–water partition coefficient (Wildman–Crippen LogP) is 2.83. The van der Waals surface area contributed by atoms with E-state index in [1.807, 2.05) is 0 Å². The first-order chi connectivity index (χ1) is 7.63. The summed E-state index contributed by atoms with van der Waals surface area (Å²) < 4.78 is 30.4. The second-order valence-electron chi connectivity index (χ2n) is 2.95. The summed E-state index contributed by atoms with van der Waals surface area (Å²) in [6.07, 6.45) is -2.89. The molecule has 1 heterocycles. The van der Waals surface area contributed by atoms with Gasteiger partial charge >= 0.3 is 0 Å². The van der Waals surface area contributed by atoms with E-state index in [1.54, 1.807) is 6.07 Å². The SMILES string of the molecule is COc1cc(CCl)c(C(F)F)c(CC#N)n1. The Bertz CT molecular complexity index is 418. The maximum absolute atomic E-state index is 12.8. The summed E-state index contributed by atoms with van der Waals surface area (Å²) in [5.41, 5.74) is -0.00128. The zero-order valence-electron chi connectivity index (χ0n) is 8.51. The van der Waals surface area contributed by atoms with Gasteiger partial charge in [0, 0.05) is 17.5 Å². The summed E-state index contributed by atoms with van der Waals surface area (Å²) in [6.45, 7) is 0. The lowest BCUT2D eigenvalue weighted by atomic mass is 10.1. The Kier molecular flexibility index (Phi) is 4.44. The minimum Gasteiger partial charge on any atom is -0.481 e. The zero-order valence-corrected chi connectivity index (χ0v) is 9.26. The molecular formula is C10H9ClF2N2O. The molecule has 1 aromatic rings. The number of nitriles is 1. The van der Waals surface area contributed by atoms with Crippen molar-refractivity contribution in [2.45, 2.75) is 18.7 Å². The zero-order chi connectivity index (χ0) is 12.1. The van der Waals surface area contributed by atoms with Crippen molar-refractivity contribution >= 4 is 11.6 Å². The minimum atomic E-state index is -2.70. The number of rotatable bonds is 4. The topological polar surface area (TPSA) is 45.9 Å². The number of alkyl halides is 3. The van der Waals surface area contributed by atoms with Crippen LogP contribution in [0.2, 0.25) is 0 Å². The molecule has 0 aliphatic carbocycles. The highest BCUT2D eigenvalue weighted by molar-refractivity contribution is 6.17. The molecule has 86 valence electrons. The Morgan fingerprint density at radius 2 is 2.31 bits per heavy atom. The number of nitrogens with zero attached hydrogens (tertiary/aromatic N) is 2. The molecule has 0 aliphatic rings. The Labute approximate surface area is 96.6 Å². The van der Waals surface area contributed by atoms with Crippen molar-refractivity contribution < 1.29 is 13.5 Å². The van der Waals surface area contributed by atoms with Crippen molar-refractivity contribution in [2.24, 2.45) is 0 Å². The van der Waals surface area contributed by atoms with Crippen molar-refractivity contribution in [1.82, 2.24) is 4.98 Å². The van der Waals surface area contributed by atoms with E-state index in [9.17, 15) is 8.78 Å². The highest BCUT2D eigenvalue weighted by atomic mass is 35.5. The van der Waals surface area contributed by atoms with Crippen molar-refractivity contribution in [2.75, 3.05) is 7.11 Å². The third-order valence-electron chi connectivity index (χ3n) is 2.02. The van der Waals surface area contributed by atoms with Crippen molar-refractivity contribution in [3.8, 4) is 11.9 Å². The fraction of sp³-hybridized carbons (Fsp3) is 0.400. The van der Waals surface area contributed by atoms with Gasteiger partial charge in [-0.15, -0.1) is 11.6 Å². The molecule has 0 fully saturated rings. The molecule has 1 aromatic heterocycles. The predicted molar refractivity (Wildman–Crippen MR) is 54.6 cm³/mol. The summed E-state index contributed by atoms with van der Waals surface area (Å²) in [4.78, 5) is 3.83. The highest BCUT2D eigenvalue weighted by Crippen LogP contribution is 2.29. The van der Waals surface area contributed by atoms with Gasteiger partial charge in [-0.25, -0.2) is 13.8 Å². The van der Waals surface area contributed by atoms with Crippen LogP contribution in [0.3, 0.4) is 0 Å². The molecule has 0 bridgehead atoms. The summed E-state index contributed by atoms with van der Waals surface area (Å²) in [6, 6.07) is 3.14. The normalized spacial score (nSPS) is 10.2. The molecule has 0 spiro atoms.